The molecule has 194 valence electrons. The van der Waals surface area contributed by atoms with Gasteiger partial charge in [-0.2, -0.15) is 0 Å². The number of ether oxygens (including phenoxy) is 2. The molecule has 0 saturated carbocycles. The van der Waals surface area contributed by atoms with Crippen LogP contribution in [-0.2, 0) is 16.0 Å². The smallest absolute Gasteiger partial charge is 0.313 e. The SMILES string of the molecule is CCCOc1ccc(C(Cc2ccc(N)cc2)C(=O)OCC)cc1N(CC(C)C)CC(CC)CC. The molecule has 0 radical (unpaired) electrons. The standard InChI is InChI=1S/C30H46N2O3/c1-7-17-35-29-16-13-25(19-28(29)32(20-22(5)6)21-23(8-2)9-3)27(30(33)34-10-4)18-24-11-14-26(31)15-12-24/h11-16,19,22-23,27H,7-10,17-18,20-21,31H2,1-6H3. The molecule has 0 amide bonds. The fraction of sp³-hybridized carbons (Fsp3) is 0.567. The highest BCUT2D eigenvalue weighted by atomic mass is 16.5. The zero-order chi connectivity index (χ0) is 25.8. The Morgan fingerprint density at radius 2 is 1.66 bits per heavy atom. The highest BCUT2D eigenvalue weighted by molar-refractivity contribution is 5.79. The van der Waals surface area contributed by atoms with E-state index in [1.807, 2.05) is 43.3 Å². The summed E-state index contributed by atoms with van der Waals surface area (Å²) in [5.41, 5.74) is 9.68. The Morgan fingerprint density at radius 3 is 2.23 bits per heavy atom. The number of carbonyl (C=O) groups excluding carboxylic acids is 1. The van der Waals surface area contributed by atoms with Crippen LogP contribution < -0.4 is 15.4 Å². The van der Waals surface area contributed by atoms with Gasteiger partial charge in [0, 0.05) is 18.8 Å². The molecule has 2 aromatic carbocycles. The van der Waals surface area contributed by atoms with Crippen molar-refractivity contribution in [1.29, 1.82) is 0 Å². The Kier molecular flexibility index (Phi) is 11.9. The molecule has 5 nitrogen and oxygen atoms in total. The van der Waals surface area contributed by atoms with Crippen molar-refractivity contribution in [2.75, 3.05) is 36.9 Å². The first-order valence-corrected chi connectivity index (χ1v) is 13.3. The normalized spacial score (nSPS) is 12.1. The first kappa shape index (κ1) is 28.5. The number of anilines is 2. The number of esters is 1. The van der Waals surface area contributed by atoms with Crippen molar-refractivity contribution >= 4 is 17.3 Å². The lowest BCUT2D eigenvalue weighted by atomic mass is 9.91. The van der Waals surface area contributed by atoms with Gasteiger partial charge in [0.1, 0.15) is 5.75 Å². The molecule has 0 heterocycles. The van der Waals surface area contributed by atoms with E-state index < -0.39 is 5.92 Å². The van der Waals surface area contributed by atoms with Crippen LogP contribution in [0.25, 0.3) is 0 Å². The number of carbonyl (C=O) groups is 1. The number of nitrogen functional groups attached to an aromatic ring is 1. The second-order valence-electron chi connectivity index (χ2n) is 9.81. The van der Waals surface area contributed by atoms with Crippen molar-refractivity contribution in [3.05, 3.63) is 53.6 Å². The number of rotatable bonds is 15. The third-order valence-corrected chi connectivity index (χ3v) is 6.40. The molecule has 0 spiro atoms. The summed E-state index contributed by atoms with van der Waals surface area (Å²) in [5.74, 6) is 1.39. The van der Waals surface area contributed by atoms with Crippen LogP contribution in [0.2, 0.25) is 0 Å². The van der Waals surface area contributed by atoms with Crippen LogP contribution in [-0.4, -0.2) is 32.3 Å². The fourth-order valence-corrected chi connectivity index (χ4v) is 4.37. The largest absolute Gasteiger partial charge is 0.491 e. The van der Waals surface area contributed by atoms with Gasteiger partial charge in [-0.05, 0) is 67.0 Å². The maximum atomic E-state index is 13.1. The maximum absolute atomic E-state index is 13.1. The van der Waals surface area contributed by atoms with E-state index in [9.17, 15) is 4.79 Å². The van der Waals surface area contributed by atoms with Gasteiger partial charge in [-0.25, -0.2) is 0 Å². The molecule has 0 aliphatic rings. The minimum absolute atomic E-state index is 0.201. The number of hydrogen-bond acceptors (Lipinski definition) is 5. The average molecular weight is 483 g/mol. The molecular formula is C30H46N2O3. The van der Waals surface area contributed by atoms with Crippen LogP contribution in [0.15, 0.2) is 42.5 Å². The van der Waals surface area contributed by atoms with Crippen molar-refractivity contribution in [3.8, 4) is 5.75 Å². The molecule has 2 aromatic rings. The molecular weight excluding hydrogens is 436 g/mol. The zero-order valence-electron chi connectivity index (χ0n) is 22.7. The van der Waals surface area contributed by atoms with Crippen LogP contribution in [0.5, 0.6) is 5.75 Å². The van der Waals surface area contributed by atoms with Crippen LogP contribution in [0.4, 0.5) is 11.4 Å². The summed E-state index contributed by atoms with van der Waals surface area (Å²) < 4.78 is 11.7. The number of hydrogen-bond donors (Lipinski definition) is 1. The minimum atomic E-state index is -0.397. The Labute approximate surface area is 213 Å². The molecule has 0 aromatic heterocycles. The molecule has 2 rings (SSSR count). The van der Waals surface area contributed by atoms with Gasteiger partial charge in [0.05, 0.1) is 24.8 Å². The Morgan fingerprint density at radius 1 is 0.971 bits per heavy atom. The van der Waals surface area contributed by atoms with Gasteiger partial charge in [-0.1, -0.05) is 65.7 Å². The zero-order valence-corrected chi connectivity index (χ0v) is 22.7. The van der Waals surface area contributed by atoms with E-state index in [2.05, 4.69) is 45.6 Å². The molecule has 0 fully saturated rings. The summed E-state index contributed by atoms with van der Waals surface area (Å²) in [6.07, 6.45) is 3.78. The molecule has 0 aliphatic heterocycles. The van der Waals surface area contributed by atoms with Crippen molar-refractivity contribution < 1.29 is 14.3 Å². The van der Waals surface area contributed by atoms with Gasteiger partial charge in [0.15, 0.2) is 0 Å². The van der Waals surface area contributed by atoms with Crippen LogP contribution >= 0.6 is 0 Å². The second kappa shape index (κ2) is 14.7. The lowest BCUT2D eigenvalue weighted by Gasteiger charge is -2.32. The Bertz CT molecular complexity index is 891. The molecule has 0 aliphatic carbocycles. The first-order valence-electron chi connectivity index (χ1n) is 13.3. The van der Waals surface area contributed by atoms with Crippen molar-refractivity contribution in [2.45, 2.75) is 73.1 Å². The lowest BCUT2D eigenvalue weighted by molar-refractivity contribution is -0.144. The average Bonchev–Trinajstić information content (AvgIpc) is 2.84. The van der Waals surface area contributed by atoms with Gasteiger partial charge in [-0.15, -0.1) is 0 Å². The molecule has 35 heavy (non-hydrogen) atoms. The minimum Gasteiger partial charge on any atom is -0.491 e. The fourth-order valence-electron chi connectivity index (χ4n) is 4.37. The highest BCUT2D eigenvalue weighted by Crippen LogP contribution is 2.35. The molecule has 1 atom stereocenters. The summed E-state index contributed by atoms with van der Waals surface area (Å²) in [6.45, 7) is 15.9. The van der Waals surface area contributed by atoms with Crippen LogP contribution in [0.1, 0.15) is 77.8 Å². The molecule has 5 heteroatoms. The van der Waals surface area contributed by atoms with Gasteiger partial charge in [-0.3, -0.25) is 4.79 Å². The lowest BCUT2D eigenvalue weighted by Crippen LogP contribution is -2.33. The van der Waals surface area contributed by atoms with Gasteiger partial charge < -0.3 is 20.1 Å². The Hall–Kier alpha value is -2.69. The quantitative estimate of drug-likeness (QED) is 0.222. The second-order valence-corrected chi connectivity index (χ2v) is 9.81. The predicted molar refractivity (Wildman–Crippen MR) is 147 cm³/mol. The molecule has 0 bridgehead atoms. The van der Waals surface area contributed by atoms with Gasteiger partial charge in [0.2, 0.25) is 0 Å². The van der Waals surface area contributed by atoms with Crippen molar-refractivity contribution in [1.82, 2.24) is 0 Å². The first-order chi connectivity index (χ1) is 16.8. The summed E-state index contributed by atoms with van der Waals surface area (Å²) in [6, 6.07) is 14.0. The van der Waals surface area contributed by atoms with Crippen molar-refractivity contribution in [2.24, 2.45) is 11.8 Å². The van der Waals surface area contributed by atoms with E-state index in [1.165, 1.54) is 0 Å². The number of benzene rings is 2. The van der Waals surface area contributed by atoms with E-state index in [1.54, 1.807) is 0 Å². The van der Waals surface area contributed by atoms with E-state index >= 15 is 0 Å². The van der Waals surface area contributed by atoms with E-state index in [-0.39, 0.29) is 5.97 Å². The summed E-state index contributed by atoms with van der Waals surface area (Å²) >= 11 is 0. The Balaban J connectivity index is 2.54. The summed E-state index contributed by atoms with van der Waals surface area (Å²) in [5, 5.41) is 0. The summed E-state index contributed by atoms with van der Waals surface area (Å²) in [7, 11) is 0. The van der Waals surface area contributed by atoms with Gasteiger partial charge in [0.25, 0.3) is 0 Å². The van der Waals surface area contributed by atoms with Gasteiger partial charge >= 0.3 is 5.97 Å². The number of nitrogens with zero attached hydrogens (tertiary/aromatic N) is 1. The van der Waals surface area contributed by atoms with Crippen LogP contribution in [0.3, 0.4) is 0 Å². The van der Waals surface area contributed by atoms with E-state index in [0.717, 1.165) is 54.9 Å². The number of nitrogens with two attached hydrogens (primary N) is 1. The molecule has 0 saturated heterocycles. The third-order valence-electron chi connectivity index (χ3n) is 6.40. The third kappa shape index (κ3) is 8.79. The molecule has 2 N–H and O–H groups in total. The summed E-state index contributed by atoms with van der Waals surface area (Å²) in [4.78, 5) is 15.6. The van der Waals surface area contributed by atoms with E-state index in [0.29, 0.717) is 37.2 Å². The predicted octanol–water partition coefficient (Wildman–Crippen LogP) is 6.85. The van der Waals surface area contributed by atoms with E-state index in [4.69, 9.17) is 15.2 Å². The molecule has 1 unspecified atom stereocenters. The van der Waals surface area contributed by atoms with Crippen LogP contribution in [0, 0.1) is 11.8 Å². The highest BCUT2D eigenvalue weighted by Gasteiger charge is 2.26. The maximum Gasteiger partial charge on any atom is 0.313 e. The van der Waals surface area contributed by atoms with Crippen molar-refractivity contribution in [3.63, 3.8) is 0 Å². The topological polar surface area (TPSA) is 64.8 Å². The monoisotopic (exact) mass is 482 g/mol.